The topological polar surface area (TPSA) is 129 Å². The summed E-state index contributed by atoms with van der Waals surface area (Å²) in [7, 11) is -2.81. The molecular formula is C38H31F2N6O5P. The molecule has 0 saturated carbocycles. The molecule has 0 fully saturated rings. The second kappa shape index (κ2) is 17.1. The quantitative estimate of drug-likeness (QED) is 0.0869. The first-order valence-corrected chi connectivity index (χ1v) is 17.0. The van der Waals surface area contributed by atoms with Gasteiger partial charge in [0.1, 0.15) is 11.6 Å². The number of anilines is 2. The lowest BCUT2D eigenvalue weighted by Crippen LogP contribution is -2.08. The van der Waals surface area contributed by atoms with Crippen molar-refractivity contribution in [3.63, 3.8) is 0 Å². The summed E-state index contributed by atoms with van der Waals surface area (Å²) in [6, 6.07) is 25.6. The van der Waals surface area contributed by atoms with E-state index < -0.39 is 8.25 Å². The van der Waals surface area contributed by atoms with Crippen LogP contribution in [0.1, 0.15) is 22.5 Å². The highest BCUT2D eigenvalue weighted by Gasteiger charge is 2.07. The van der Waals surface area contributed by atoms with E-state index in [-0.39, 0.29) is 36.7 Å². The summed E-state index contributed by atoms with van der Waals surface area (Å²) in [5, 5.41) is 5.54. The fourth-order valence-corrected chi connectivity index (χ4v) is 5.53. The van der Waals surface area contributed by atoms with Gasteiger partial charge in [0.05, 0.1) is 49.6 Å². The summed E-state index contributed by atoms with van der Waals surface area (Å²) in [4.78, 5) is 33.2. The molecule has 2 amide bonds. The van der Waals surface area contributed by atoms with Crippen LogP contribution in [-0.4, -0.2) is 30.9 Å². The summed E-state index contributed by atoms with van der Waals surface area (Å²) < 4.78 is 53.1. The number of carbonyl (C=O) groups is 2. The molecule has 6 rings (SSSR count). The Kier molecular flexibility index (Phi) is 11.7. The highest BCUT2D eigenvalue weighted by Crippen LogP contribution is 2.28. The van der Waals surface area contributed by atoms with Gasteiger partial charge in [0, 0.05) is 34.9 Å². The number of imidazole rings is 2. The van der Waals surface area contributed by atoms with Crippen LogP contribution in [0.5, 0.6) is 0 Å². The third kappa shape index (κ3) is 9.92. The molecule has 262 valence electrons. The minimum atomic E-state index is -2.81. The average molecular weight is 721 g/mol. The molecule has 0 aliphatic carbocycles. The zero-order valence-electron chi connectivity index (χ0n) is 27.4. The van der Waals surface area contributed by atoms with Gasteiger partial charge in [-0.3, -0.25) is 23.3 Å². The van der Waals surface area contributed by atoms with Gasteiger partial charge in [-0.25, -0.2) is 18.7 Å². The minimum Gasteiger partial charge on any atom is -0.323 e. The molecule has 2 aromatic heterocycles. The fraction of sp³-hybridized carbons (Fsp3) is 0.0526. The van der Waals surface area contributed by atoms with Crippen LogP contribution in [0.25, 0.3) is 23.5 Å². The van der Waals surface area contributed by atoms with Crippen molar-refractivity contribution in [3.05, 3.63) is 168 Å². The Morgan fingerprint density at radius 3 is 1.38 bits per heavy atom. The predicted octanol–water partition coefficient (Wildman–Crippen LogP) is 7.76. The van der Waals surface area contributed by atoms with Crippen molar-refractivity contribution in [1.29, 1.82) is 0 Å². The van der Waals surface area contributed by atoms with Crippen LogP contribution in [0.15, 0.2) is 134 Å². The molecule has 11 nitrogen and oxygen atoms in total. The van der Waals surface area contributed by atoms with Crippen LogP contribution in [-0.2, 0) is 36.4 Å². The van der Waals surface area contributed by atoms with E-state index >= 15 is 0 Å². The Morgan fingerprint density at radius 1 is 0.615 bits per heavy atom. The van der Waals surface area contributed by atoms with Crippen molar-refractivity contribution in [2.75, 3.05) is 10.6 Å². The van der Waals surface area contributed by atoms with Crippen molar-refractivity contribution in [3.8, 4) is 11.4 Å². The largest absolute Gasteiger partial charge is 0.323 e. The minimum absolute atomic E-state index is 0.0441. The molecule has 0 spiro atoms. The maximum atomic E-state index is 13.3. The number of nitrogens with one attached hydrogen (secondary N) is 2. The van der Waals surface area contributed by atoms with E-state index in [0.717, 1.165) is 11.1 Å². The lowest BCUT2D eigenvalue weighted by atomic mass is 10.2. The predicted molar refractivity (Wildman–Crippen MR) is 194 cm³/mol. The zero-order chi connectivity index (χ0) is 36.3. The number of benzene rings is 4. The van der Waals surface area contributed by atoms with Crippen LogP contribution in [0.3, 0.4) is 0 Å². The van der Waals surface area contributed by atoms with Crippen LogP contribution < -0.4 is 10.6 Å². The van der Waals surface area contributed by atoms with Crippen LogP contribution in [0, 0.1) is 11.6 Å². The molecule has 52 heavy (non-hydrogen) atoms. The Labute approximate surface area is 297 Å². The van der Waals surface area contributed by atoms with Gasteiger partial charge in [0.2, 0.25) is 11.8 Å². The summed E-state index contributed by atoms with van der Waals surface area (Å²) >= 11 is 0. The van der Waals surface area contributed by atoms with Crippen molar-refractivity contribution >= 4 is 43.6 Å². The molecule has 0 radical (unpaired) electrons. The highest BCUT2D eigenvalue weighted by atomic mass is 31.1. The molecule has 0 aliphatic rings. The van der Waals surface area contributed by atoms with Crippen molar-refractivity contribution in [2.45, 2.75) is 13.2 Å². The molecule has 0 atom stereocenters. The molecule has 2 heterocycles. The van der Waals surface area contributed by atoms with Gasteiger partial charge in [0.15, 0.2) is 0 Å². The van der Waals surface area contributed by atoms with Crippen molar-refractivity contribution in [2.24, 2.45) is 0 Å². The van der Waals surface area contributed by atoms with E-state index in [9.17, 15) is 22.9 Å². The first-order chi connectivity index (χ1) is 25.3. The van der Waals surface area contributed by atoms with Gasteiger partial charge in [-0.2, -0.15) is 0 Å². The molecule has 0 aliphatic heterocycles. The monoisotopic (exact) mass is 720 g/mol. The fourth-order valence-electron chi connectivity index (χ4n) is 4.88. The smallest absolute Gasteiger partial charge is 0.319 e. The molecule has 0 unspecified atom stereocenters. The van der Waals surface area contributed by atoms with Gasteiger partial charge in [0.25, 0.3) is 0 Å². The maximum Gasteiger partial charge on any atom is 0.319 e. The van der Waals surface area contributed by atoms with Gasteiger partial charge >= 0.3 is 8.25 Å². The molecule has 6 aromatic rings. The van der Waals surface area contributed by atoms with E-state index in [1.807, 2.05) is 0 Å². The van der Waals surface area contributed by atoms with Crippen LogP contribution in [0.4, 0.5) is 20.2 Å². The SMILES string of the molecule is O=C(/C=C/c1cncn1-c1ccc(F)cc1)Nc1ccc(CO[PH](=O)OCc2ccc(NC(=O)/C=C/c3cncn3-c3ccc(F)cc3)cc2)cc1. The van der Waals surface area contributed by atoms with E-state index in [1.54, 1.807) is 119 Å². The molecule has 0 bridgehead atoms. The number of amides is 2. The summed E-state index contributed by atoms with van der Waals surface area (Å²) in [5.41, 5.74) is 5.27. The summed E-state index contributed by atoms with van der Waals surface area (Å²) in [6.45, 7) is 0.0882. The molecule has 0 saturated heterocycles. The third-order valence-corrected chi connectivity index (χ3v) is 8.27. The van der Waals surface area contributed by atoms with Crippen molar-refractivity contribution < 1.29 is 32.0 Å². The Balaban J connectivity index is 0.908. The molecular weight excluding hydrogens is 689 g/mol. The first kappa shape index (κ1) is 35.6. The number of carbonyl (C=O) groups excluding carboxylic acids is 2. The van der Waals surface area contributed by atoms with Gasteiger partial charge in [-0.1, -0.05) is 24.3 Å². The van der Waals surface area contributed by atoms with Gasteiger partial charge in [-0.05, 0) is 96.1 Å². The number of halogens is 2. The Bertz CT molecular complexity index is 2060. The Morgan fingerprint density at radius 2 is 1.00 bits per heavy atom. The van der Waals surface area contributed by atoms with E-state index in [4.69, 9.17) is 9.05 Å². The van der Waals surface area contributed by atoms with Crippen LogP contribution >= 0.6 is 8.25 Å². The van der Waals surface area contributed by atoms with E-state index in [0.29, 0.717) is 34.1 Å². The number of hydrogen-bond acceptors (Lipinski definition) is 7. The van der Waals surface area contributed by atoms with Crippen LogP contribution in [0.2, 0.25) is 0 Å². The zero-order valence-corrected chi connectivity index (χ0v) is 28.4. The van der Waals surface area contributed by atoms with Gasteiger partial charge in [-0.15, -0.1) is 0 Å². The normalized spacial score (nSPS) is 11.4. The Hall–Kier alpha value is -6.27. The third-order valence-electron chi connectivity index (χ3n) is 7.51. The second-order valence-electron chi connectivity index (χ2n) is 11.2. The molecule has 4 aromatic carbocycles. The number of rotatable bonds is 14. The average Bonchev–Trinajstić information content (AvgIpc) is 3.83. The van der Waals surface area contributed by atoms with E-state index in [2.05, 4.69) is 20.6 Å². The first-order valence-electron chi connectivity index (χ1n) is 15.8. The van der Waals surface area contributed by atoms with Gasteiger partial charge < -0.3 is 19.7 Å². The summed E-state index contributed by atoms with van der Waals surface area (Å²) in [5.74, 6) is -1.40. The molecule has 2 N–H and O–H groups in total. The summed E-state index contributed by atoms with van der Waals surface area (Å²) in [6.07, 6.45) is 12.3. The van der Waals surface area contributed by atoms with E-state index in [1.165, 1.54) is 36.4 Å². The number of hydrogen-bond donors (Lipinski definition) is 2. The standard InChI is InChI=1S/C38H31F2N6O5P/c39-29-5-13-33(14-6-29)45-25-41-21-35(45)17-19-37(47)43-31-9-1-27(2-10-31)23-50-52(49)51-24-28-3-11-32(12-4-28)44-38(48)20-18-36-22-42-26-46(36)34-15-7-30(40)8-16-34/h1-22,25-26,52H,23-24H2,(H,43,47)(H,44,48)/b19-17+,20-18+. The number of aromatic nitrogens is 4. The highest BCUT2D eigenvalue weighted by molar-refractivity contribution is 7.33. The number of nitrogens with zero attached hydrogens (tertiary/aromatic N) is 4. The lowest BCUT2D eigenvalue weighted by Gasteiger charge is -2.08. The van der Waals surface area contributed by atoms with Crippen molar-refractivity contribution in [1.82, 2.24) is 19.1 Å². The molecule has 14 heteroatoms. The lowest BCUT2D eigenvalue weighted by molar-refractivity contribution is -0.112. The second-order valence-corrected chi connectivity index (χ2v) is 12.3. The maximum absolute atomic E-state index is 13.3.